The Labute approximate surface area is 130 Å². The Balaban J connectivity index is 2.11. The van der Waals surface area contributed by atoms with Crippen LogP contribution in [0.25, 0.3) is 0 Å². The third kappa shape index (κ3) is 3.36. The number of hydrogen-bond donors (Lipinski definition) is 2. The van der Waals surface area contributed by atoms with Crippen molar-refractivity contribution in [2.75, 3.05) is 6.54 Å². The van der Waals surface area contributed by atoms with E-state index < -0.39 is 5.60 Å². The maximum absolute atomic E-state index is 12.3. The van der Waals surface area contributed by atoms with Gasteiger partial charge in [0, 0.05) is 23.5 Å². The molecule has 0 fully saturated rings. The van der Waals surface area contributed by atoms with E-state index in [9.17, 15) is 9.90 Å². The molecular formula is C17H22N2O3. The molecule has 0 aromatic carbocycles. The van der Waals surface area contributed by atoms with Gasteiger partial charge in [0.1, 0.15) is 17.1 Å². The van der Waals surface area contributed by atoms with Crippen molar-refractivity contribution >= 4 is 5.91 Å². The van der Waals surface area contributed by atoms with Crippen LogP contribution in [0.2, 0.25) is 0 Å². The van der Waals surface area contributed by atoms with Crippen molar-refractivity contribution < 1.29 is 14.3 Å². The van der Waals surface area contributed by atoms with Crippen molar-refractivity contribution in [3.8, 4) is 0 Å². The summed E-state index contributed by atoms with van der Waals surface area (Å²) < 4.78 is 5.45. The molecule has 2 heterocycles. The van der Waals surface area contributed by atoms with Gasteiger partial charge in [-0.25, -0.2) is 0 Å². The highest BCUT2D eigenvalue weighted by Gasteiger charge is 2.28. The summed E-state index contributed by atoms with van der Waals surface area (Å²) in [6, 6.07) is 3.49. The SMILES string of the molecule is CCc1cnccc1C(=O)NCC(C)(O)c1cc(C)oc1C. The summed E-state index contributed by atoms with van der Waals surface area (Å²) in [6.45, 7) is 7.38. The van der Waals surface area contributed by atoms with Crippen molar-refractivity contribution in [3.05, 3.63) is 52.7 Å². The highest BCUT2D eigenvalue weighted by molar-refractivity contribution is 5.95. The fourth-order valence-corrected chi connectivity index (χ4v) is 2.54. The van der Waals surface area contributed by atoms with Crippen molar-refractivity contribution in [3.63, 3.8) is 0 Å². The lowest BCUT2D eigenvalue weighted by Gasteiger charge is -2.23. The summed E-state index contributed by atoms with van der Waals surface area (Å²) in [5.74, 6) is 1.19. The minimum atomic E-state index is -1.18. The lowest BCUT2D eigenvalue weighted by atomic mass is 9.96. The lowest BCUT2D eigenvalue weighted by molar-refractivity contribution is 0.0513. The highest BCUT2D eigenvalue weighted by Crippen LogP contribution is 2.26. The van der Waals surface area contributed by atoms with E-state index in [-0.39, 0.29) is 12.5 Å². The predicted molar refractivity (Wildman–Crippen MR) is 83.7 cm³/mol. The van der Waals surface area contributed by atoms with Crippen LogP contribution in [0.15, 0.2) is 28.9 Å². The topological polar surface area (TPSA) is 75.4 Å². The first-order chi connectivity index (χ1) is 10.3. The number of hydrogen-bond acceptors (Lipinski definition) is 4. The molecule has 22 heavy (non-hydrogen) atoms. The Morgan fingerprint density at radius 2 is 2.18 bits per heavy atom. The first-order valence-electron chi connectivity index (χ1n) is 7.36. The Morgan fingerprint density at radius 1 is 1.45 bits per heavy atom. The normalized spacial score (nSPS) is 13.7. The molecule has 0 aliphatic heterocycles. The predicted octanol–water partition coefficient (Wildman–Crippen LogP) is 2.49. The molecule has 0 saturated carbocycles. The molecule has 0 aliphatic carbocycles. The van der Waals surface area contributed by atoms with Gasteiger partial charge in [0.15, 0.2) is 0 Å². The Morgan fingerprint density at radius 3 is 2.77 bits per heavy atom. The van der Waals surface area contributed by atoms with Crippen LogP contribution in [-0.4, -0.2) is 22.5 Å². The second-order valence-corrected chi connectivity index (χ2v) is 5.67. The van der Waals surface area contributed by atoms with Crippen LogP contribution in [0.5, 0.6) is 0 Å². The number of rotatable bonds is 5. The van der Waals surface area contributed by atoms with Crippen LogP contribution in [0, 0.1) is 13.8 Å². The van der Waals surface area contributed by atoms with Gasteiger partial charge in [0.2, 0.25) is 0 Å². The van der Waals surface area contributed by atoms with Crippen molar-refractivity contribution in [1.29, 1.82) is 0 Å². The number of furan rings is 1. The maximum atomic E-state index is 12.3. The number of pyridine rings is 1. The number of nitrogens with zero attached hydrogens (tertiary/aromatic N) is 1. The summed E-state index contributed by atoms with van der Waals surface area (Å²) >= 11 is 0. The van der Waals surface area contributed by atoms with Gasteiger partial charge in [0.25, 0.3) is 5.91 Å². The minimum Gasteiger partial charge on any atom is -0.466 e. The van der Waals surface area contributed by atoms with E-state index >= 15 is 0 Å². The summed E-state index contributed by atoms with van der Waals surface area (Å²) in [4.78, 5) is 16.3. The number of carbonyl (C=O) groups excluding carboxylic acids is 1. The number of aryl methyl sites for hydroxylation is 3. The first kappa shape index (κ1) is 16.2. The molecule has 1 amide bonds. The Hall–Kier alpha value is -2.14. The largest absolute Gasteiger partial charge is 0.466 e. The quantitative estimate of drug-likeness (QED) is 0.890. The summed E-state index contributed by atoms with van der Waals surface area (Å²) in [6.07, 6.45) is 4.01. The maximum Gasteiger partial charge on any atom is 0.251 e. The van der Waals surface area contributed by atoms with Crippen molar-refractivity contribution in [1.82, 2.24) is 10.3 Å². The zero-order valence-electron chi connectivity index (χ0n) is 13.4. The van der Waals surface area contributed by atoms with Gasteiger partial charge < -0.3 is 14.8 Å². The third-order valence-electron chi connectivity index (χ3n) is 3.74. The fraction of sp³-hybridized carbons (Fsp3) is 0.412. The van der Waals surface area contributed by atoms with Gasteiger partial charge in [-0.1, -0.05) is 6.92 Å². The second kappa shape index (κ2) is 6.32. The average Bonchev–Trinajstić information content (AvgIpc) is 2.84. The molecule has 0 radical (unpaired) electrons. The molecule has 2 N–H and O–H groups in total. The van der Waals surface area contributed by atoms with E-state index in [0.717, 1.165) is 17.7 Å². The van der Waals surface area contributed by atoms with Gasteiger partial charge in [-0.3, -0.25) is 9.78 Å². The van der Waals surface area contributed by atoms with Crippen LogP contribution in [-0.2, 0) is 12.0 Å². The first-order valence-corrected chi connectivity index (χ1v) is 7.36. The summed E-state index contributed by atoms with van der Waals surface area (Å²) in [7, 11) is 0. The van der Waals surface area contributed by atoms with E-state index in [4.69, 9.17) is 4.42 Å². The number of amides is 1. The number of nitrogens with one attached hydrogen (secondary N) is 1. The van der Waals surface area contributed by atoms with E-state index in [1.807, 2.05) is 13.8 Å². The van der Waals surface area contributed by atoms with Gasteiger partial charge in [-0.15, -0.1) is 0 Å². The van der Waals surface area contributed by atoms with E-state index in [1.54, 1.807) is 38.4 Å². The number of carbonyl (C=O) groups is 1. The van der Waals surface area contributed by atoms with E-state index in [2.05, 4.69) is 10.3 Å². The molecule has 2 rings (SSSR count). The molecule has 1 atom stereocenters. The second-order valence-electron chi connectivity index (χ2n) is 5.67. The molecule has 0 bridgehead atoms. The van der Waals surface area contributed by atoms with Crippen LogP contribution < -0.4 is 5.32 Å². The molecule has 0 aliphatic rings. The molecule has 5 nitrogen and oxygen atoms in total. The van der Waals surface area contributed by atoms with Crippen LogP contribution >= 0.6 is 0 Å². The number of aliphatic hydroxyl groups is 1. The van der Waals surface area contributed by atoms with Gasteiger partial charge in [-0.05, 0) is 44.9 Å². The van der Waals surface area contributed by atoms with E-state index in [1.165, 1.54) is 0 Å². The van der Waals surface area contributed by atoms with Crippen LogP contribution in [0.4, 0.5) is 0 Å². The van der Waals surface area contributed by atoms with Gasteiger partial charge >= 0.3 is 0 Å². The van der Waals surface area contributed by atoms with Gasteiger partial charge in [-0.2, -0.15) is 0 Å². The molecule has 0 spiro atoms. The zero-order chi connectivity index (χ0) is 16.3. The van der Waals surface area contributed by atoms with Crippen molar-refractivity contribution in [2.24, 2.45) is 0 Å². The van der Waals surface area contributed by atoms with Crippen LogP contribution in [0.3, 0.4) is 0 Å². The monoisotopic (exact) mass is 302 g/mol. The van der Waals surface area contributed by atoms with Crippen LogP contribution in [0.1, 0.15) is 46.9 Å². The molecule has 2 aromatic heterocycles. The third-order valence-corrected chi connectivity index (χ3v) is 3.74. The zero-order valence-corrected chi connectivity index (χ0v) is 13.4. The average molecular weight is 302 g/mol. The standard InChI is InChI=1S/C17H22N2O3/c1-5-13-9-18-7-6-14(13)16(20)19-10-17(4,21)15-8-11(2)22-12(15)3/h6-9,21H,5,10H2,1-4H3,(H,19,20). The fourth-order valence-electron chi connectivity index (χ4n) is 2.54. The molecular weight excluding hydrogens is 280 g/mol. The van der Waals surface area contributed by atoms with Crippen molar-refractivity contribution in [2.45, 2.75) is 39.7 Å². The minimum absolute atomic E-state index is 0.108. The smallest absolute Gasteiger partial charge is 0.251 e. The molecule has 2 aromatic rings. The molecule has 5 heteroatoms. The Bertz CT molecular complexity index is 674. The molecule has 118 valence electrons. The molecule has 0 saturated heterocycles. The Kier molecular flexibility index (Phi) is 4.66. The van der Waals surface area contributed by atoms with E-state index in [0.29, 0.717) is 16.9 Å². The summed E-state index contributed by atoms with van der Waals surface area (Å²) in [5.41, 5.74) is 0.982. The number of aromatic nitrogens is 1. The van der Waals surface area contributed by atoms with Gasteiger partial charge in [0.05, 0.1) is 6.54 Å². The molecule has 1 unspecified atom stereocenters. The highest BCUT2D eigenvalue weighted by atomic mass is 16.3. The lowest BCUT2D eigenvalue weighted by Crippen LogP contribution is -2.39. The summed E-state index contributed by atoms with van der Waals surface area (Å²) in [5, 5.41) is 13.4.